The van der Waals surface area contributed by atoms with E-state index in [1.807, 2.05) is 30.3 Å². The van der Waals surface area contributed by atoms with Crippen molar-refractivity contribution in [3.05, 3.63) is 82.8 Å². The predicted molar refractivity (Wildman–Crippen MR) is 122 cm³/mol. The zero-order valence-corrected chi connectivity index (χ0v) is 17.7. The van der Waals surface area contributed by atoms with Gasteiger partial charge in [0.2, 0.25) is 0 Å². The molecular formula is C24H26N4O3. The molecule has 0 unspecified atom stereocenters. The van der Waals surface area contributed by atoms with Gasteiger partial charge in [0.1, 0.15) is 12.1 Å². The fourth-order valence-electron chi connectivity index (χ4n) is 4.39. The van der Waals surface area contributed by atoms with Crippen molar-refractivity contribution in [1.82, 2.24) is 10.2 Å². The van der Waals surface area contributed by atoms with Crippen LogP contribution in [0.4, 0.5) is 11.5 Å². The number of benzene rings is 2. The van der Waals surface area contributed by atoms with Crippen LogP contribution in [0, 0.1) is 0 Å². The van der Waals surface area contributed by atoms with Gasteiger partial charge in [-0.2, -0.15) is 0 Å². The molecule has 160 valence electrons. The van der Waals surface area contributed by atoms with Gasteiger partial charge in [-0.15, -0.1) is 0 Å². The van der Waals surface area contributed by atoms with E-state index in [2.05, 4.69) is 47.1 Å². The Labute approximate surface area is 181 Å². The van der Waals surface area contributed by atoms with E-state index < -0.39 is 5.54 Å². The Kier molecular flexibility index (Phi) is 4.92. The first-order valence-corrected chi connectivity index (χ1v) is 10.5. The third-order valence-electron chi connectivity index (χ3n) is 6.07. The third-order valence-corrected chi connectivity index (χ3v) is 6.07. The van der Waals surface area contributed by atoms with Crippen molar-refractivity contribution in [2.45, 2.75) is 19.4 Å². The molecule has 0 bridgehead atoms. The van der Waals surface area contributed by atoms with Crippen molar-refractivity contribution in [3.8, 4) is 0 Å². The van der Waals surface area contributed by atoms with Gasteiger partial charge < -0.3 is 19.0 Å². The van der Waals surface area contributed by atoms with Gasteiger partial charge in [-0.25, -0.2) is 5.01 Å². The molecule has 2 aliphatic heterocycles. The summed E-state index contributed by atoms with van der Waals surface area (Å²) in [5, 5.41) is 2.42. The molecule has 3 aromatic rings. The Morgan fingerprint density at radius 3 is 2.48 bits per heavy atom. The first kappa shape index (κ1) is 19.7. The monoisotopic (exact) mass is 418 g/mol. The van der Waals surface area contributed by atoms with Crippen molar-refractivity contribution in [1.29, 1.82) is 0 Å². The van der Waals surface area contributed by atoms with Gasteiger partial charge in [0.15, 0.2) is 5.43 Å². The van der Waals surface area contributed by atoms with Crippen LogP contribution < -0.4 is 20.9 Å². The van der Waals surface area contributed by atoms with E-state index in [-0.39, 0.29) is 5.43 Å². The average Bonchev–Trinajstić information content (AvgIpc) is 3.34. The van der Waals surface area contributed by atoms with E-state index in [0.29, 0.717) is 24.4 Å². The van der Waals surface area contributed by atoms with E-state index in [1.54, 1.807) is 23.5 Å². The fraction of sp³-hybridized carbons (Fsp3) is 0.292. The lowest BCUT2D eigenvalue weighted by Crippen LogP contribution is -2.38. The molecule has 3 heterocycles. The lowest BCUT2D eigenvalue weighted by atomic mass is 9.92. The molecule has 1 fully saturated rings. The molecule has 0 atom stereocenters. The molecule has 0 saturated carbocycles. The summed E-state index contributed by atoms with van der Waals surface area (Å²) < 4.78 is 7.72. The van der Waals surface area contributed by atoms with Crippen molar-refractivity contribution in [2.75, 3.05) is 36.2 Å². The molecule has 1 N–H and O–H groups in total. The number of hydrogen-bond donors (Lipinski definition) is 1. The van der Waals surface area contributed by atoms with Gasteiger partial charge in [0.25, 0.3) is 0 Å². The van der Waals surface area contributed by atoms with Gasteiger partial charge in [0, 0.05) is 30.2 Å². The van der Waals surface area contributed by atoms with Crippen molar-refractivity contribution in [3.63, 3.8) is 0 Å². The highest BCUT2D eigenvalue weighted by Crippen LogP contribution is 2.35. The Morgan fingerprint density at radius 1 is 1.00 bits per heavy atom. The largest absolute Gasteiger partial charge is 0.395 e. The highest BCUT2D eigenvalue weighted by molar-refractivity contribution is 5.85. The van der Waals surface area contributed by atoms with E-state index in [1.165, 1.54) is 0 Å². The summed E-state index contributed by atoms with van der Waals surface area (Å²) in [6, 6.07) is 18.1. The standard InChI is InChI=1S/C24H26N4O3/c1-24(2,18-6-4-3-5-7-18)28-21-16-19(26-10-13-30-14-11-26)8-9-20(21)22(29)17-23(28)27-12-15-31-25-27/h3-9,12,15-17,25H,10-11,13-14H2,1-2H3. The van der Waals surface area contributed by atoms with Crippen LogP contribution in [0.3, 0.4) is 0 Å². The zero-order chi connectivity index (χ0) is 21.4. The molecule has 7 nitrogen and oxygen atoms in total. The highest BCUT2D eigenvalue weighted by Gasteiger charge is 2.29. The molecule has 0 radical (unpaired) electrons. The molecule has 0 aliphatic carbocycles. The number of hydrazine groups is 1. The molecule has 1 aromatic heterocycles. The number of fused-ring (bicyclic) bond motifs is 1. The number of anilines is 2. The molecule has 0 amide bonds. The van der Waals surface area contributed by atoms with Crippen LogP contribution in [0.15, 0.2) is 71.9 Å². The maximum atomic E-state index is 13.1. The van der Waals surface area contributed by atoms with Crippen LogP contribution in [-0.4, -0.2) is 30.9 Å². The van der Waals surface area contributed by atoms with E-state index >= 15 is 0 Å². The summed E-state index contributed by atoms with van der Waals surface area (Å²) in [6.07, 6.45) is 3.32. The van der Waals surface area contributed by atoms with Crippen molar-refractivity contribution >= 4 is 22.4 Å². The number of nitrogens with one attached hydrogen (secondary N) is 1. The number of hydrogen-bond acceptors (Lipinski definition) is 6. The minimum absolute atomic E-state index is 0.0271. The Hall–Kier alpha value is -3.29. The fourth-order valence-corrected chi connectivity index (χ4v) is 4.39. The molecule has 31 heavy (non-hydrogen) atoms. The minimum Gasteiger partial charge on any atom is -0.395 e. The molecule has 0 spiro atoms. The maximum absolute atomic E-state index is 13.1. The summed E-state index contributed by atoms with van der Waals surface area (Å²) in [7, 11) is 0. The molecule has 2 aliphatic rings. The Bertz CT molecular complexity index is 1180. The normalized spacial score (nSPS) is 16.7. The first-order chi connectivity index (χ1) is 15.1. The van der Waals surface area contributed by atoms with Gasteiger partial charge in [-0.3, -0.25) is 4.79 Å². The first-order valence-electron chi connectivity index (χ1n) is 10.5. The maximum Gasteiger partial charge on any atom is 0.191 e. The number of ether oxygens (including phenoxy) is 1. The summed E-state index contributed by atoms with van der Waals surface area (Å²) in [5.41, 5.74) is 5.48. The predicted octanol–water partition coefficient (Wildman–Crippen LogP) is 3.35. The van der Waals surface area contributed by atoms with Crippen molar-refractivity contribution in [2.24, 2.45) is 0 Å². The third kappa shape index (κ3) is 3.45. The number of aromatic nitrogens is 1. The van der Waals surface area contributed by atoms with Crippen LogP contribution in [-0.2, 0) is 15.1 Å². The lowest BCUT2D eigenvalue weighted by Gasteiger charge is -2.36. The summed E-state index contributed by atoms with van der Waals surface area (Å²) in [4.78, 5) is 20.6. The SMILES string of the molecule is CC(C)(c1ccccc1)n1c(N2C=CON2)cc(=O)c2ccc(N3CCOCC3)cc21. The molecule has 5 rings (SSSR count). The Morgan fingerprint density at radius 2 is 1.77 bits per heavy atom. The second kappa shape index (κ2) is 7.76. The topological polar surface area (TPSA) is 59.0 Å². The summed E-state index contributed by atoms with van der Waals surface area (Å²) in [5.74, 6) is 0.708. The number of rotatable bonds is 4. The average molecular weight is 418 g/mol. The quantitative estimate of drug-likeness (QED) is 0.701. The van der Waals surface area contributed by atoms with Gasteiger partial charge >= 0.3 is 0 Å². The Balaban J connectivity index is 1.78. The van der Waals surface area contributed by atoms with Crippen molar-refractivity contribution < 1.29 is 9.57 Å². The molecule has 7 heteroatoms. The van der Waals surface area contributed by atoms with Crippen LogP contribution >= 0.6 is 0 Å². The smallest absolute Gasteiger partial charge is 0.191 e. The molecule has 1 saturated heterocycles. The molecular weight excluding hydrogens is 392 g/mol. The second-order valence-corrected chi connectivity index (χ2v) is 8.29. The van der Waals surface area contributed by atoms with E-state index in [9.17, 15) is 4.79 Å². The number of nitrogens with zero attached hydrogens (tertiary/aromatic N) is 3. The van der Waals surface area contributed by atoms with E-state index in [0.717, 1.165) is 29.9 Å². The van der Waals surface area contributed by atoms with Crippen LogP contribution in [0.2, 0.25) is 0 Å². The van der Waals surface area contributed by atoms with Crippen LogP contribution in [0.25, 0.3) is 10.9 Å². The lowest BCUT2D eigenvalue weighted by molar-refractivity contribution is 0.122. The second-order valence-electron chi connectivity index (χ2n) is 8.29. The van der Waals surface area contributed by atoms with Gasteiger partial charge in [0.05, 0.1) is 30.5 Å². The van der Waals surface area contributed by atoms with Crippen LogP contribution in [0.5, 0.6) is 0 Å². The molecule has 2 aromatic carbocycles. The highest BCUT2D eigenvalue weighted by atomic mass is 16.7. The number of morpholine rings is 1. The number of pyridine rings is 1. The summed E-state index contributed by atoms with van der Waals surface area (Å²) >= 11 is 0. The summed E-state index contributed by atoms with van der Waals surface area (Å²) in [6.45, 7) is 7.42. The minimum atomic E-state index is -0.440. The zero-order valence-electron chi connectivity index (χ0n) is 17.7. The van der Waals surface area contributed by atoms with Gasteiger partial charge in [-0.1, -0.05) is 35.9 Å². The van der Waals surface area contributed by atoms with Crippen LogP contribution in [0.1, 0.15) is 19.4 Å². The van der Waals surface area contributed by atoms with E-state index in [4.69, 9.17) is 9.57 Å². The van der Waals surface area contributed by atoms with Gasteiger partial charge in [-0.05, 0) is 37.6 Å².